The zero-order chi connectivity index (χ0) is 21.9. The second-order valence-electron chi connectivity index (χ2n) is 7.84. The van der Waals surface area contributed by atoms with Crippen molar-refractivity contribution in [2.24, 2.45) is 5.73 Å². The fourth-order valence-corrected chi connectivity index (χ4v) is 4.09. The molecule has 0 saturated carbocycles. The SMILES string of the molecule is N[C@@H](Cc1cccc(C(=O)N2CCOCC2)n1)c1ccccc1-c1noc2ccccc12. The van der Waals surface area contributed by atoms with E-state index in [9.17, 15) is 4.79 Å². The molecule has 5 rings (SSSR count). The lowest BCUT2D eigenvalue weighted by atomic mass is 9.94. The summed E-state index contributed by atoms with van der Waals surface area (Å²) < 4.78 is 10.8. The second kappa shape index (κ2) is 8.90. The zero-order valence-corrected chi connectivity index (χ0v) is 17.6. The van der Waals surface area contributed by atoms with Crippen molar-refractivity contribution in [3.05, 3.63) is 83.7 Å². The number of fused-ring (bicyclic) bond motifs is 1. The van der Waals surface area contributed by atoms with E-state index in [1.807, 2.05) is 60.7 Å². The Kier molecular flexibility index (Phi) is 5.66. The van der Waals surface area contributed by atoms with E-state index >= 15 is 0 Å². The summed E-state index contributed by atoms with van der Waals surface area (Å²) in [4.78, 5) is 19.2. The lowest BCUT2D eigenvalue weighted by molar-refractivity contribution is 0.0299. The minimum absolute atomic E-state index is 0.0711. The van der Waals surface area contributed by atoms with Gasteiger partial charge in [0.25, 0.3) is 5.91 Å². The molecule has 0 unspecified atom stereocenters. The Bertz CT molecular complexity index is 1250. The van der Waals surface area contributed by atoms with Crippen LogP contribution in [0.15, 0.2) is 71.3 Å². The van der Waals surface area contributed by atoms with Crippen molar-refractivity contribution in [3.63, 3.8) is 0 Å². The summed E-state index contributed by atoms with van der Waals surface area (Å²) in [6.45, 7) is 2.29. The Labute approximate surface area is 185 Å². The molecule has 1 amide bonds. The van der Waals surface area contributed by atoms with Gasteiger partial charge >= 0.3 is 0 Å². The van der Waals surface area contributed by atoms with Crippen LogP contribution in [0.4, 0.5) is 0 Å². The number of morpholine rings is 1. The maximum absolute atomic E-state index is 12.8. The van der Waals surface area contributed by atoms with Crippen molar-refractivity contribution in [1.82, 2.24) is 15.0 Å². The van der Waals surface area contributed by atoms with Gasteiger partial charge in [0.2, 0.25) is 0 Å². The molecule has 7 nitrogen and oxygen atoms in total. The Balaban J connectivity index is 1.40. The van der Waals surface area contributed by atoms with Crippen LogP contribution in [0.5, 0.6) is 0 Å². The number of hydrogen-bond donors (Lipinski definition) is 1. The topological polar surface area (TPSA) is 94.5 Å². The van der Waals surface area contributed by atoms with Crippen molar-refractivity contribution in [2.45, 2.75) is 12.5 Å². The lowest BCUT2D eigenvalue weighted by Crippen LogP contribution is -2.41. The van der Waals surface area contributed by atoms with E-state index in [-0.39, 0.29) is 11.9 Å². The third-order valence-electron chi connectivity index (χ3n) is 5.75. The van der Waals surface area contributed by atoms with Crippen LogP contribution in [0.1, 0.15) is 27.8 Å². The molecule has 2 aromatic carbocycles. The normalized spacial score (nSPS) is 15.1. The van der Waals surface area contributed by atoms with Gasteiger partial charge in [-0.05, 0) is 29.8 Å². The highest BCUT2D eigenvalue weighted by Crippen LogP contribution is 2.33. The second-order valence-corrected chi connectivity index (χ2v) is 7.84. The van der Waals surface area contributed by atoms with Gasteiger partial charge in [-0.3, -0.25) is 4.79 Å². The number of nitrogens with zero attached hydrogens (tertiary/aromatic N) is 3. The van der Waals surface area contributed by atoms with E-state index in [2.05, 4.69) is 10.1 Å². The predicted molar refractivity (Wildman–Crippen MR) is 121 cm³/mol. The maximum atomic E-state index is 12.8. The summed E-state index contributed by atoms with van der Waals surface area (Å²) in [5, 5.41) is 5.25. The highest BCUT2D eigenvalue weighted by molar-refractivity contribution is 5.93. The number of para-hydroxylation sites is 1. The number of rotatable bonds is 5. The van der Waals surface area contributed by atoms with Crippen LogP contribution in [0.3, 0.4) is 0 Å². The molecule has 1 aliphatic heterocycles. The maximum Gasteiger partial charge on any atom is 0.272 e. The Morgan fingerprint density at radius 3 is 2.66 bits per heavy atom. The minimum Gasteiger partial charge on any atom is -0.378 e. The molecule has 3 heterocycles. The first-order chi connectivity index (χ1) is 15.7. The van der Waals surface area contributed by atoms with Gasteiger partial charge in [-0.2, -0.15) is 0 Å². The Morgan fingerprint density at radius 1 is 1.00 bits per heavy atom. The number of aromatic nitrogens is 2. The number of carbonyl (C=O) groups excluding carboxylic acids is 1. The molecule has 2 aromatic heterocycles. The van der Waals surface area contributed by atoms with E-state index in [1.54, 1.807) is 11.0 Å². The quantitative estimate of drug-likeness (QED) is 0.522. The van der Waals surface area contributed by atoms with E-state index in [0.29, 0.717) is 38.4 Å². The molecule has 1 saturated heterocycles. The molecule has 0 bridgehead atoms. The predicted octanol–water partition coefficient (Wildman–Crippen LogP) is 3.60. The monoisotopic (exact) mass is 428 g/mol. The van der Waals surface area contributed by atoms with Crippen LogP contribution < -0.4 is 5.73 Å². The fourth-order valence-electron chi connectivity index (χ4n) is 4.09. The largest absolute Gasteiger partial charge is 0.378 e. The van der Waals surface area contributed by atoms with Gasteiger partial charge in [-0.1, -0.05) is 47.6 Å². The molecule has 32 heavy (non-hydrogen) atoms. The van der Waals surface area contributed by atoms with Crippen LogP contribution in [0.2, 0.25) is 0 Å². The molecule has 1 fully saturated rings. The molecule has 0 aliphatic carbocycles. The molecular weight excluding hydrogens is 404 g/mol. The standard InChI is InChI=1S/C25H24N4O3/c26-21(16-17-6-5-10-22(27-17)25(30)29-12-14-31-15-13-29)18-7-1-2-8-19(18)24-20-9-3-4-11-23(20)32-28-24/h1-11,21H,12-16,26H2/t21-/m0/s1. The van der Waals surface area contributed by atoms with Crippen molar-refractivity contribution in [2.75, 3.05) is 26.3 Å². The Hall–Kier alpha value is -3.55. The van der Waals surface area contributed by atoms with Crippen LogP contribution in [-0.2, 0) is 11.2 Å². The number of pyridine rings is 1. The van der Waals surface area contributed by atoms with Crippen LogP contribution in [0.25, 0.3) is 22.2 Å². The molecule has 162 valence electrons. The number of hydrogen-bond acceptors (Lipinski definition) is 6. The van der Waals surface area contributed by atoms with Gasteiger partial charge in [0, 0.05) is 42.2 Å². The van der Waals surface area contributed by atoms with Gasteiger partial charge < -0.3 is 19.9 Å². The first kappa shape index (κ1) is 20.4. The third-order valence-corrected chi connectivity index (χ3v) is 5.75. The number of ether oxygens (including phenoxy) is 1. The third kappa shape index (κ3) is 4.00. The smallest absolute Gasteiger partial charge is 0.272 e. The van der Waals surface area contributed by atoms with Gasteiger partial charge in [0.15, 0.2) is 5.58 Å². The van der Waals surface area contributed by atoms with E-state index < -0.39 is 0 Å². The van der Waals surface area contributed by atoms with Crippen LogP contribution in [0, 0.1) is 0 Å². The molecular formula is C25H24N4O3. The minimum atomic E-state index is -0.317. The summed E-state index contributed by atoms with van der Waals surface area (Å²) in [6, 6.07) is 20.9. The van der Waals surface area contributed by atoms with E-state index in [1.165, 1.54) is 0 Å². The average molecular weight is 428 g/mol. The van der Waals surface area contributed by atoms with Crippen LogP contribution >= 0.6 is 0 Å². The zero-order valence-electron chi connectivity index (χ0n) is 17.6. The molecule has 0 radical (unpaired) electrons. The van der Waals surface area contributed by atoms with Crippen molar-refractivity contribution >= 4 is 16.9 Å². The molecule has 1 aliphatic rings. The number of benzene rings is 2. The first-order valence-corrected chi connectivity index (χ1v) is 10.7. The highest BCUT2D eigenvalue weighted by atomic mass is 16.5. The average Bonchev–Trinajstić information content (AvgIpc) is 3.28. The van der Waals surface area contributed by atoms with E-state index in [4.69, 9.17) is 15.0 Å². The molecule has 1 atom stereocenters. The summed E-state index contributed by atoms with van der Waals surface area (Å²) >= 11 is 0. The Morgan fingerprint density at radius 2 is 1.78 bits per heavy atom. The molecule has 4 aromatic rings. The van der Waals surface area contributed by atoms with Gasteiger partial charge in [-0.25, -0.2) is 4.98 Å². The van der Waals surface area contributed by atoms with Crippen LogP contribution in [-0.4, -0.2) is 47.3 Å². The lowest BCUT2D eigenvalue weighted by Gasteiger charge is -2.26. The number of nitrogens with two attached hydrogens (primary N) is 1. The summed E-state index contributed by atoms with van der Waals surface area (Å²) in [6.07, 6.45) is 0.497. The van der Waals surface area contributed by atoms with Gasteiger partial charge in [0.1, 0.15) is 11.4 Å². The summed E-state index contributed by atoms with van der Waals surface area (Å²) in [7, 11) is 0. The molecule has 0 spiro atoms. The molecule has 7 heteroatoms. The van der Waals surface area contributed by atoms with Gasteiger partial charge in [0.05, 0.1) is 13.2 Å². The van der Waals surface area contributed by atoms with Crippen molar-refractivity contribution in [3.8, 4) is 11.3 Å². The highest BCUT2D eigenvalue weighted by Gasteiger charge is 2.21. The van der Waals surface area contributed by atoms with Crippen molar-refractivity contribution < 1.29 is 14.1 Å². The molecule has 2 N–H and O–H groups in total. The summed E-state index contributed by atoms with van der Waals surface area (Å²) in [5.74, 6) is -0.0711. The van der Waals surface area contributed by atoms with Gasteiger partial charge in [-0.15, -0.1) is 0 Å². The van der Waals surface area contributed by atoms with Crippen molar-refractivity contribution in [1.29, 1.82) is 0 Å². The summed E-state index contributed by atoms with van der Waals surface area (Å²) in [5.41, 5.74) is 11.3. The first-order valence-electron chi connectivity index (χ1n) is 10.7. The van der Waals surface area contributed by atoms with E-state index in [0.717, 1.165) is 33.5 Å². The fraction of sp³-hybridized carbons (Fsp3) is 0.240. The number of carbonyl (C=O) groups is 1. The number of amides is 1.